The van der Waals surface area contributed by atoms with Gasteiger partial charge in [-0.3, -0.25) is 19.8 Å². The highest BCUT2D eigenvalue weighted by atomic mass is 35.5. The van der Waals surface area contributed by atoms with Crippen LogP contribution in [0.4, 0.5) is 21.5 Å². The molecule has 4 heterocycles. The van der Waals surface area contributed by atoms with E-state index in [2.05, 4.69) is 43.3 Å². The minimum Gasteiger partial charge on any atom is -0.455 e. The lowest BCUT2D eigenvalue weighted by molar-refractivity contribution is -0.384. The first-order valence-corrected chi connectivity index (χ1v) is 22.9. The van der Waals surface area contributed by atoms with Crippen LogP contribution in [0, 0.1) is 27.3 Å². The van der Waals surface area contributed by atoms with Crippen molar-refractivity contribution in [3.05, 3.63) is 117 Å². The zero-order chi connectivity index (χ0) is 43.7. The minimum atomic E-state index is -4.98. The summed E-state index contributed by atoms with van der Waals surface area (Å²) in [5.74, 6) is -1.47. The third-order valence-corrected chi connectivity index (χ3v) is 14.4. The van der Waals surface area contributed by atoms with Gasteiger partial charge < -0.3 is 29.4 Å². The Hall–Kier alpha value is -5.59. The Balaban J connectivity index is 0.903. The number of nitro groups is 1. The van der Waals surface area contributed by atoms with Gasteiger partial charge >= 0.3 is 0 Å². The van der Waals surface area contributed by atoms with Gasteiger partial charge in [0.15, 0.2) is 0 Å². The van der Waals surface area contributed by atoms with Crippen LogP contribution < -0.4 is 19.7 Å². The van der Waals surface area contributed by atoms with Gasteiger partial charge in [0.05, 0.1) is 42.6 Å². The maximum atomic E-state index is 15.5. The van der Waals surface area contributed by atoms with Crippen LogP contribution in [0.3, 0.4) is 0 Å². The molecule has 3 atom stereocenters. The number of nitro benzene ring substituents is 1. The number of aromatic amines is 1. The number of pyridine rings is 1. The number of fused-ring (bicyclic) bond motifs is 1. The lowest BCUT2D eigenvalue weighted by Crippen LogP contribution is -2.52. The first kappa shape index (κ1) is 42.7. The van der Waals surface area contributed by atoms with E-state index < -0.39 is 43.4 Å². The van der Waals surface area contributed by atoms with Gasteiger partial charge in [-0.1, -0.05) is 29.8 Å². The number of allylic oxidation sites excluding steroid dienone is 2. The van der Waals surface area contributed by atoms with E-state index in [0.717, 1.165) is 61.7 Å². The average molecular weight is 900 g/mol. The van der Waals surface area contributed by atoms with E-state index in [-0.39, 0.29) is 30.2 Å². The highest BCUT2D eigenvalue weighted by molar-refractivity contribution is 7.90. The maximum Gasteiger partial charge on any atom is 0.293 e. The quantitative estimate of drug-likeness (QED) is 0.0773. The number of nitrogens with one attached hydrogen (secondary N) is 3. The van der Waals surface area contributed by atoms with Gasteiger partial charge in [-0.15, -0.1) is 0 Å². The third-order valence-electron chi connectivity index (χ3n) is 12.8. The van der Waals surface area contributed by atoms with E-state index in [4.69, 9.17) is 25.8 Å². The lowest BCUT2D eigenvalue weighted by Gasteiger charge is -2.54. The first-order valence-electron chi connectivity index (χ1n) is 21.1. The van der Waals surface area contributed by atoms with E-state index in [1.807, 2.05) is 22.9 Å². The van der Waals surface area contributed by atoms with Crippen molar-refractivity contribution in [3.63, 3.8) is 0 Å². The standard InChI is InChI=1S/C45H47ClFN7O8S/c46-33-5-3-29(4-6-33)31-2-1-11-45(24-31)12-9-32(45)27-52-14-16-53(17-15-52)34-7-8-37(41(21-34)62-35-20-30-10-13-48-43(30)50-25-35)44(55)51-63(58,59)42-23-40(54(56)57)39(22-38(42)47)49-26-36-28-60-18-19-61-36/h2-8,10,13,20-23,25,32,36,49H,1,9,11-12,14-19,24,26-28H2,(H,48,50)(H,51,55)/t32-,36?,45?/m1/s1. The van der Waals surface area contributed by atoms with Crippen LogP contribution in [0.1, 0.15) is 48.0 Å². The molecule has 330 valence electrons. The number of rotatable bonds is 13. The van der Waals surface area contributed by atoms with Gasteiger partial charge in [-0.2, -0.15) is 0 Å². The third kappa shape index (κ3) is 9.24. The normalized spacial score (nSPS) is 21.7. The predicted molar refractivity (Wildman–Crippen MR) is 236 cm³/mol. The second kappa shape index (κ2) is 17.9. The molecule has 9 rings (SSSR count). The molecule has 2 unspecified atom stereocenters. The van der Waals surface area contributed by atoms with E-state index in [1.165, 1.54) is 42.7 Å². The number of benzene rings is 3. The molecule has 0 bridgehead atoms. The molecule has 1 saturated carbocycles. The zero-order valence-corrected chi connectivity index (χ0v) is 35.9. The Morgan fingerprint density at radius 3 is 2.63 bits per heavy atom. The van der Waals surface area contributed by atoms with Gasteiger partial charge in [0.1, 0.15) is 33.5 Å². The summed E-state index contributed by atoms with van der Waals surface area (Å²) in [6.07, 6.45) is 11.0. The van der Waals surface area contributed by atoms with E-state index in [9.17, 15) is 23.3 Å². The fraction of sp³-hybridized carbons (Fsp3) is 0.378. The Kier molecular flexibility index (Phi) is 12.1. The Bertz CT molecular complexity index is 2670. The van der Waals surface area contributed by atoms with E-state index >= 15 is 4.39 Å². The van der Waals surface area contributed by atoms with Gasteiger partial charge in [0.25, 0.3) is 21.6 Å². The molecular weight excluding hydrogens is 853 g/mol. The topological polar surface area (TPSA) is 181 Å². The number of piperazine rings is 1. The number of hydrogen-bond acceptors (Lipinski definition) is 12. The summed E-state index contributed by atoms with van der Waals surface area (Å²) < 4.78 is 61.8. The second-order valence-electron chi connectivity index (χ2n) is 16.6. The van der Waals surface area contributed by atoms with Gasteiger partial charge in [-0.25, -0.2) is 22.5 Å². The van der Waals surface area contributed by atoms with Crippen LogP contribution in [0.25, 0.3) is 16.6 Å². The molecule has 15 nitrogen and oxygen atoms in total. The van der Waals surface area contributed by atoms with Crippen LogP contribution in [0.15, 0.2) is 90.1 Å². The maximum absolute atomic E-state index is 15.5. The van der Waals surface area contributed by atoms with Crippen molar-refractivity contribution in [1.29, 1.82) is 0 Å². The Morgan fingerprint density at radius 2 is 1.89 bits per heavy atom. The fourth-order valence-corrected chi connectivity index (χ4v) is 10.5. The van der Waals surface area contributed by atoms with Crippen LogP contribution in [0.2, 0.25) is 5.02 Å². The summed E-state index contributed by atoms with van der Waals surface area (Å²) in [6.45, 7) is 5.18. The molecule has 3 fully saturated rings. The molecule has 2 aliphatic carbocycles. The number of nitrogens with zero attached hydrogens (tertiary/aromatic N) is 4. The molecule has 2 aliphatic heterocycles. The van der Waals surface area contributed by atoms with Crippen molar-refractivity contribution in [2.75, 3.05) is 69.3 Å². The Morgan fingerprint density at radius 1 is 1.06 bits per heavy atom. The summed E-state index contributed by atoms with van der Waals surface area (Å²) in [7, 11) is -4.98. The van der Waals surface area contributed by atoms with Gasteiger partial charge in [0.2, 0.25) is 0 Å². The minimum absolute atomic E-state index is 0.0393. The molecule has 63 heavy (non-hydrogen) atoms. The van der Waals surface area contributed by atoms with Crippen LogP contribution in [0.5, 0.6) is 11.5 Å². The monoisotopic (exact) mass is 899 g/mol. The number of halogens is 2. The van der Waals surface area contributed by atoms with E-state index in [1.54, 1.807) is 24.4 Å². The number of carbonyl (C=O) groups is 1. The fourth-order valence-electron chi connectivity index (χ4n) is 9.30. The number of hydrogen-bond donors (Lipinski definition) is 3. The van der Waals surface area contributed by atoms with Crippen LogP contribution >= 0.6 is 11.6 Å². The molecule has 3 N–H and O–H groups in total. The van der Waals surface area contributed by atoms with Crippen LogP contribution in [-0.2, 0) is 19.5 Å². The lowest BCUT2D eigenvalue weighted by atomic mass is 9.53. The molecular formula is C45H47ClFN7O8S. The van der Waals surface area contributed by atoms with Crippen molar-refractivity contribution in [2.45, 2.75) is 43.1 Å². The summed E-state index contributed by atoms with van der Waals surface area (Å²) in [5.41, 5.74) is 3.26. The predicted octanol–water partition coefficient (Wildman–Crippen LogP) is 7.79. The molecule has 2 saturated heterocycles. The van der Waals surface area contributed by atoms with E-state index in [0.29, 0.717) is 48.1 Å². The summed E-state index contributed by atoms with van der Waals surface area (Å²) in [4.78, 5) is 36.2. The molecule has 1 spiro atoms. The summed E-state index contributed by atoms with van der Waals surface area (Å²) in [5, 5.41) is 16.3. The summed E-state index contributed by atoms with van der Waals surface area (Å²) >= 11 is 6.18. The molecule has 4 aliphatic rings. The Labute approximate surface area is 368 Å². The van der Waals surface area contributed by atoms with Gasteiger partial charge in [0, 0.05) is 79.8 Å². The second-order valence-corrected chi connectivity index (χ2v) is 18.7. The molecule has 2 aromatic heterocycles. The number of sulfonamides is 1. The number of H-pyrrole nitrogens is 1. The van der Waals surface area contributed by atoms with Crippen LogP contribution in [-0.4, -0.2) is 99.3 Å². The van der Waals surface area contributed by atoms with Crippen molar-refractivity contribution in [3.8, 4) is 11.5 Å². The summed E-state index contributed by atoms with van der Waals surface area (Å²) in [6, 6.07) is 17.9. The number of aromatic nitrogens is 2. The zero-order valence-electron chi connectivity index (χ0n) is 34.4. The number of amides is 1. The number of ether oxygens (including phenoxy) is 3. The van der Waals surface area contributed by atoms with Gasteiger partial charge in [-0.05, 0) is 91.0 Å². The smallest absolute Gasteiger partial charge is 0.293 e. The highest BCUT2D eigenvalue weighted by Crippen LogP contribution is 2.57. The van der Waals surface area contributed by atoms with Crippen molar-refractivity contribution < 1.29 is 36.7 Å². The van der Waals surface area contributed by atoms with Crippen molar-refractivity contribution in [1.82, 2.24) is 19.6 Å². The highest BCUT2D eigenvalue weighted by Gasteiger charge is 2.48. The molecule has 0 radical (unpaired) electrons. The SMILES string of the molecule is O=C(NS(=O)(=O)c1cc([N+](=O)[O-])c(NCC2COCCO2)cc1F)c1ccc(N2CCN(C[C@H]3CCC34CCC=C(c3ccc(Cl)cc3)C4)CC2)cc1Oc1cnc2[nH]ccc2c1. The van der Waals surface area contributed by atoms with Crippen molar-refractivity contribution in [2.24, 2.45) is 11.3 Å². The van der Waals surface area contributed by atoms with Crippen molar-refractivity contribution >= 4 is 61.2 Å². The molecule has 3 aromatic carbocycles. The first-order chi connectivity index (χ1) is 30.4. The average Bonchev–Trinajstić information content (AvgIpc) is 3.76. The molecule has 5 aromatic rings. The molecule has 18 heteroatoms. The number of anilines is 2. The number of carbonyl (C=O) groups excluding carboxylic acids is 1. The largest absolute Gasteiger partial charge is 0.455 e. The molecule has 1 amide bonds.